The molecule has 1 saturated heterocycles. The summed E-state index contributed by atoms with van der Waals surface area (Å²) in [6, 6.07) is 0.225. The predicted octanol–water partition coefficient (Wildman–Crippen LogP) is 1.67. The highest BCUT2D eigenvalue weighted by Gasteiger charge is 2.38. The van der Waals surface area contributed by atoms with Gasteiger partial charge >= 0.3 is 5.97 Å². The van der Waals surface area contributed by atoms with Crippen LogP contribution in [0.4, 0.5) is 5.82 Å². The van der Waals surface area contributed by atoms with Crippen molar-refractivity contribution in [2.45, 2.75) is 18.9 Å². The molecule has 2 N–H and O–H groups in total. The number of fused-ring (bicyclic) bond motifs is 1. The number of carbonyl (C=O) groups is 1. The second kappa shape index (κ2) is 4.94. The van der Waals surface area contributed by atoms with Gasteiger partial charge in [0.1, 0.15) is 11.4 Å². The number of aromatic carboxylic acids is 1. The van der Waals surface area contributed by atoms with E-state index in [1.54, 1.807) is 0 Å². The molecular weight excluding hydrogens is 270 g/mol. The Kier molecular flexibility index (Phi) is 3.28. The van der Waals surface area contributed by atoms with Crippen LogP contribution in [0.1, 0.15) is 23.2 Å². The number of rotatable bonds is 3. The maximum atomic E-state index is 11.1. The lowest BCUT2D eigenvalue weighted by molar-refractivity contribution is 0.0697. The van der Waals surface area contributed by atoms with Gasteiger partial charge in [-0.1, -0.05) is 0 Å². The first-order chi connectivity index (χ1) is 9.13. The van der Waals surface area contributed by atoms with E-state index < -0.39 is 5.97 Å². The summed E-state index contributed by atoms with van der Waals surface area (Å²) < 4.78 is 5.42. The van der Waals surface area contributed by atoms with Crippen LogP contribution in [0.15, 0.2) is 6.20 Å². The average Bonchev–Trinajstić information content (AvgIpc) is 2.89. The SMILES string of the molecule is O=C(O)c1cnc(Cl)nc1NC1CC2COCC2C1. The van der Waals surface area contributed by atoms with Crippen molar-refractivity contribution < 1.29 is 14.6 Å². The van der Waals surface area contributed by atoms with Crippen molar-refractivity contribution in [3.63, 3.8) is 0 Å². The molecule has 0 bridgehead atoms. The van der Waals surface area contributed by atoms with E-state index in [1.165, 1.54) is 6.20 Å². The van der Waals surface area contributed by atoms with Crippen molar-refractivity contribution in [2.24, 2.45) is 11.8 Å². The fourth-order valence-corrected chi connectivity index (χ4v) is 3.06. The van der Waals surface area contributed by atoms with Crippen LogP contribution in [0, 0.1) is 11.8 Å². The van der Waals surface area contributed by atoms with E-state index in [4.69, 9.17) is 21.4 Å². The zero-order valence-corrected chi connectivity index (χ0v) is 10.9. The Balaban J connectivity index is 1.76. The third-order valence-electron chi connectivity index (χ3n) is 3.84. The molecule has 2 aliphatic rings. The topological polar surface area (TPSA) is 84.3 Å². The normalized spacial score (nSPS) is 29.2. The standard InChI is InChI=1S/C12H14ClN3O3/c13-12-14-3-9(11(17)18)10(16-12)15-8-1-6-4-19-5-7(6)2-8/h3,6-8H,1-2,4-5H2,(H,17,18)(H,14,15,16). The highest BCUT2D eigenvalue weighted by molar-refractivity contribution is 6.28. The molecule has 7 heteroatoms. The summed E-state index contributed by atoms with van der Waals surface area (Å²) in [6.45, 7) is 1.61. The molecule has 2 unspecified atom stereocenters. The number of anilines is 1. The van der Waals surface area contributed by atoms with Crippen molar-refractivity contribution in [3.05, 3.63) is 17.0 Å². The molecule has 3 rings (SSSR count). The molecule has 2 atom stereocenters. The van der Waals surface area contributed by atoms with Crippen molar-refractivity contribution in [1.82, 2.24) is 9.97 Å². The molecule has 6 nitrogen and oxygen atoms in total. The molecule has 19 heavy (non-hydrogen) atoms. The van der Waals surface area contributed by atoms with Gasteiger partial charge in [0.25, 0.3) is 0 Å². The van der Waals surface area contributed by atoms with Crippen molar-refractivity contribution >= 4 is 23.4 Å². The van der Waals surface area contributed by atoms with Gasteiger partial charge in [0.05, 0.1) is 0 Å². The molecule has 0 aromatic carbocycles. The second-order valence-corrected chi connectivity index (χ2v) is 5.41. The molecule has 1 aromatic heterocycles. The first-order valence-corrected chi connectivity index (χ1v) is 6.61. The monoisotopic (exact) mass is 283 g/mol. The van der Waals surface area contributed by atoms with Crippen LogP contribution in [0.3, 0.4) is 0 Å². The van der Waals surface area contributed by atoms with Gasteiger partial charge < -0.3 is 15.2 Å². The van der Waals surface area contributed by atoms with E-state index in [1.807, 2.05) is 0 Å². The van der Waals surface area contributed by atoms with E-state index in [0.29, 0.717) is 17.7 Å². The molecule has 2 fully saturated rings. The second-order valence-electron chi connectivity index (χ2n) is 5.08. The first kappa shape index (κ1) is 12.6. The maximum absolute atomic E-state index is 11.1. The van der Waals surface area contributed by atoms with E-state index in [-0.39, 0.29) is 16.9 Å². The summed E-state index contributed by atoms with van der Waals surface area (Å²) in [4.78, 5) is 18.8. The van der Waals surface area contributed by atoms with E-state index in [0.717, 1.165) is 26.1 Å². The number of hydrogen-bond donors (Lipinski definition) is 2. The van der Waals surface area contributed by atoms with Crippen LogP contribution in [-0.2, 0) is 4.74 Å². The van der Waals surface area contributed by atoms with Gasteiger partial charge in [-0.15, -0.1) is 0 Å². The Morgan fingerprint density at radius 2 is 2.11 bits per heavy atom. The largest absolute Gasteiger partial charge is 0.477 e. The average molecular weight is 284 g/mol. The molecule has 2 heterocycles. The molecule has 1 aliphatic carbocycles. The quantitative estimate of drug-likeness (QED) is 0.821. The number of nitrogens with zero attached hydrogens (tertiary/aromatic N) is 2. The van der Waals surface area contributed by atoms with Crippen LogP contribution in [0.5, 0.6) is 0 Å². The van der Waals surface area contributed by atoms with Gasteiger partial charge in [0.15, 0.2) is 0 Å². The molecule has 102 valence electrons. The van der Waals surface area contributed by atoms with Crippen LogP contribution in [0.25, 0.3) is 0 Å². The van der Waals surface area contributed by atoms with Gasteiger partial charge in [-0.3, -0.25) is 0 Å². The number of carboxylic acid groups (broad SMARTS) is 1. The first-order valence-electron chi connectivity index (χ1n) is 6.23. The third kappa shape index (κ3) is 2.50. The van der Waals surface area contributed by atoms with Crippen LogP contribution < -0.4 is 5.32 Å². The minimum Gasteiger partial charge on any atom is -0.477 e. The van der Waals surface area contributed by atoms with Crippen LogP contribution >= 0.6 is 11.6 Å². The van der Waals surface area contributed by atoms with Gasteiger partial charge in [0, 0.05) is 25.5 Å². The minimum absolute atomic E-state index is 0.0500. The zero-order chi connectivity index (χ0) is 13.4. The lowest BCUT2D eigenvalue weighted by atomic mass is 10.0. The molecular formula is C12H14ClN3O3. The summed E-state index contributed by atoms with van der Waals surface area (Å²) in [5.41, 5.74) is 0.0534. The molecule has 0 spiro atoms. The Bertz CT molecular complexity index is 499. The molecule has 0 amide bonds. The Morgan fingerprint density at radius 3 is 2.74 bits per heavy atom. The van der Waals surface area contributed by atoms with Gasteiger partial charge in [-0.2, -0.15) is 4.98 Å². The number of aromatic nitrogens is 2. The number of nitrogens with one attached hydrogen (secondary N) is 1. The maximum Gasteiger partial charge on any atom is 0.341 e. The van der Waals surface area contributed by atoms with Crippen molar-refractivity contribution in [2.75, 3.05) is 18.5 Å². The number of halogens is 1. The summed E-state index contributed by atoms with van der Waals surface area (Å²) in [7, 11) is 0. The number of carboxylic acids is 1. The lowest BCUT2D eigenvalue weighted by Gasteiger charge is -2.15. The molecule has 1 saturated carbocycles. The van der Waals surface area contributed by atoms with Crippen molar-refractivity contribution in [1.29, 1.82) is 0 Å². The van der Waals surface area contributed by atoms with Gasteiger partial charge in [-0.05, 0) is 36.3 Å². The Hall–Kier alpha value is -1.40. The Labute approximate surface area is 115 Å². The predicted molar refractivity (Wildman–Crippen MR) is 68.4 cm³/mol. The number of ether oxygens (including phenoxy) is 1. The Morgan fingerprint density at radius 1 is 1.42 bits per heavy atom. The van der Waals surface area contributed by atoms with Crippen molar-refractivity contribution in [3.8, 4) is 0 Å². The summed E-state index contributed by atoms with van der Waals surface area (Å²) in [5, 5.41) is 12.3. The lowest BCUT2D eigenvalue weighted by Crippen LogP contribution is -2.20. The zero-order valence-electron chi connectivity index (χ0n) is 10.2. The number of hydrogen-bond acceptors (Lipinski definition) is 5. The summed E-state index contributed by atoms with van der Waals surface area (Å²) >= 11 is 5.73. The van der Waals surface area contributed by atoms with E-state index in [9.17, 15) is 4.79 Å². The van der Waals surface area contributed by atoms with Crippen LogP contribution in [0.2, 0.25) is 5.28 Å². The molecule has 0 radical (unpaired) electrons. The van der Waals surface area contributed by atoms with E-state index in [2.05, 4.69) is 15.3 Å². The summed E-state index contributed by atoms with van der Waals surface area (Å²) in [6.07, 6.45) is 3.19. The highest BCUT2D eigenvalue weighted by Crippen LogP contribution is 2.38. The smallest absolute Gasteiger partial charge is 0.341 e. The molecule has 1 aromatic rings. The fourth-order valence-electron chi connectivity index (χ4n) is 2.93. The third-order valence-corrected chi connectivity index (χ3v) is 4.02. The van der Waals surface area contributed by atoms with Gasteiger partial charge in [0.2, 0.25) is 5.28 Å². The van der Waals surface area contributed by atoms with Crippen LogP contribution in [-0.4, -0.2) is 40.3 Å². The fraction of sp³-hybridized carbons (Fsp3) is 0.583. The van der Waals surface area contributed by atoms with E-state index >= 15 is 0 Å². The summed E-state index contributed by atoms with van der Waals surface area (Å²) in [5.74, 6) is 0.394. The minimum atomic E-state index is -1.05. The molecule has 1 aliphatic heterocycles. The van der Waals surface area contributed by atoms with Gasteiger partial charge in [-0.25, -0.2) is 9.78 Å². The highest BCUT2D eigenvalue weighted by atomic mass is 35.5.